The van der Waals surface area contributed by atoms with E-state index in [1.165, 1.54) is 0 Å². The summed E-state index contributed by atoms with van der Waals surface area (Å²) in [6, 6.07) is 0. The van der Waals surface area contributed by atoms with Crippen molar-refractivity contribution in [2.45, 2.75) is 141 Å². The fourth-order valence-electron chi connectivity index (χ4n) is 8.24. The molecule has 0 radical (unpaired) electrons. The van der Waals surface area contributed by atoms with Gasteiger partial charge in [0.25, 0.3) is 0 Å². The van der Waals surface area contributed by atoms with Crippen LogP contribution in [0.25, 0.3) is 0 Å². The third kappa shape index (κ3) is 4.77. The Morgan fingerprint density at radius 3 is 2.17 bits per heavy atom. The van der Waals surface area contributed by atoms with E-state index in [9.17, 15) is 14.7 Å². The zero-order chi connectivity index (χ0) is 32.1. The summed E-state index contributed by atoms with van der Waals surface area (Å²) in [4.78, 5) is 26.0. The van der Waals surface area contributed by atoms with Crippen molar-refractivity contribution in [3.8, 4) is 0 Å². The van der Waals surface area contributed by atoms with Crippen LogP contribution in [-0.4, -0.2) is 56.5 Å². The maximum Gasteiger partial charge on any atom is 0.192 e. The second-order valence-electron chi connectivity index (χ2n) is 17.5. The first kappa shape index (κ1) is 34.3. The molecule has 0 amide bonds. The van der Waals surface area contributed by atoms with Gasteiger partial charge in [-0.2, -0.15) is 0 Å². The fourth-order valence-corrected chi connectivity index (χ4v) is 11.1. The number of aliphatic hydroxyl groups is 1. The number of rotatable bonds is 6. The molecule has 0 bridgehead atoms. The maximum absolute atomic E-state index is 14.3. The molecule has 0 aliphatic heterocycles. The number of carbonyl (C=O) groups is 2. The van der Waals surface area contributed by atoms with E-state index in [2.05, 4.69) is 87.7 Å². The van der Waals surface area contributed by atoms with Crippen LogP contribution in [0.2, 0.25) is 36.3 Å². The van der Waals surface area contributed by atoms with Gasteiger partial charge in [0.2, 0.25) is 0 Å². The molecule has 238 valence electrons. The van der Waals surface area contributed by atoms with Crippen LogP contribution < -0.4 is 0 Å². The number of hydrogen-bond acceptors (Lipinski definition) is 5. The van der Waals surface area contributed by atoms with Crippen LogP contribution in [0.1, 0.15) is 88.0 Å². The van der Waals surface area contributed by atoms with Crippen molar-refractivity contribution in [2.24, 2.45) is 28.6 Å². The minimum atomic E-state index is -2.33. The third-order valence-electron chi connectivity index (χ3n) is 13.2. The number of ketones is 2. The van der Waals surface area contributed by atoms with E-state index in [4.69, 9.17) is 20.5 Å². The molecule has 4 aliphatic rings. The topological polar surface area (TPSA) is 72.8 Å². The van der Waals surface area contributed by atoms with Crippen LogP contribution in [0.4, 0.5) is 0 Å². The highest BCUT2D eigenvalue weighted by atomic mass is 35.5. The smallest absolute Gasteiger partial charge is 0.192 e. The van der Waals surface area contributed by atoms with Crippen LogP contribution in [0.15, 0.2) is 23.8 Å². The predicted molar refractivity (Wildman–Crippen MR) is 177 cm³/mol. The molecule has 4 aliphatic carbocycles. The molecular weight excluding hydrogens is 580 g/mol. The third-order valence-corrected chi connectivity index (χ3v) is 23.1. The Hall–Kier alpha value is -0.576. The molecule has 1 N–H and O–H groups in total. The Kier molecular flexibility index (Phi) is 8.34. The lowest BCUT2D eigenvalue weighted by atomic mass is 9.46. The Labute approximate surface area is 262 Å². The number of Topliss-reactive ketones (excluding diaryl/α,β-unsaturated/α-hetero) is 1. The fraction of sp³-hybridized carbons (Fsp3) is 0.824. The second kappa shape index (κ2) is 10.2. The van der Waals surface area contributed by atoms with Gasteiger partial charge in [-0.05, 0) is 79.4 Å². The van der Waals surface area contributed by atoms with Crippen molar-refractivity contribution in [3.63, 3.8) is 0 Å². The van der Waals surface area contributed by atoms with E-state index < -0.39 is 44.0 Å². The molecule has 8 heteroatoms. The first-order valence-corrected chi connectivity index (χ1v) is 22.2. The number of allylic oxidation sites excluding steroid dienone is 4. The summed E-state index contributed by atoms with van der Waals surface area (Å²) in [5.74, 6) is -0.343. The van der Waals surface area contributed by atoms with Crippen LogP contribution in [0.5, 0.6) is 0 Å². The van der Waals surface area contributed by atoms with Gasteiger partial charge >= 0.3 is 0 Å². The predicted octanol–water partition coefficient (Wildman–Crippen LogP) is 8.22. The molecule has 0 aromatic rings. The molecule has 0 spiro atoms. The Morgan fingerprint density at radius 2 is 1.62 bits per heavy atom. The normalized spacial score (nSPS) is 40.7. The van der Waals surface area contributed by atoms with Crippen LogP contribution in [0, 0.1) is 28.6 Å². The monoisotopic (exact) mass is 636 g/mol. The first-order valence-electron chi connectivity index (χ1n) is 16.0. The van der Waals surface area contributed by atoms with Gasteiger partial charge in [0.1, 0.15) is 5.60 Å². The lowest BCUT2D eigenvalue weighted by Gasteiger charge is -2.65. The lowest BCUT2D eigenvalue weighted by molar-refractivity contribution is -0.176. The second-order valence-corrected chi connectivity index (χ2v) is 27.7. The van der Waals surface area contributed by atoms with Gasteiger partial charge in [-0.15, -0.1) is 11.6 Å². The summed E-state index contributed by atoms with van der Waals surface area (Å²) >= 11 is 8.09. The number of carbonyl (C=O) groups excluding carboxylic acids is 2. The first-order chi connectivity index (χ1) is 18.8. The number of halogens is 1. The van der Waals surface area contributed by atoms with Crippen LogP contribution in [-0.2, 0) is 18.4 Å². The van der Waals surface area contributed by atoms with Gasteiger partial charge < -0.3 is 14.0 Å². The van der Waals surface area contributed by atoms with Crippen molar-refractivity contribution >= 4 is 39.8 Å². The summed E-state index contributed by atoms with van der Waals surface area (Å²) in [5, 5.41) is 12.6. The average Bonchev–Trinajstić information content (AvgIpc) is 3.03. The van der Waals surface area contributed by atoms with E-state index in [0.717, 1.165) is 5.57 Å². The zero-order valence-electron chi connectivity index (χ0n) is 28.5. The largest absolute Gasteiger partial charge is 0.412 e. The van der Waals surface area contributed by atoms with Gasteiger partial charge in [-0.3, -0.25) is 9.59 Å². The lowest BCUT2D eigenvalue weighted by Crippen LogP contribution is -2.70. The molecule has 2 saturated carbocycles. The van der Waals surface area contributed by atoms with Crippen LogP contribution in [0.3, 0.4) is 0 Å². The molecule has 8 atom stereocenters. The van der Waals surface area contributed by atoms with Crippen LogP contribution >= 0.6 is 11.6 Å². The average molecular weight is 637 g/mol. The van der Waals surface area contributed by atoms with Gasteiger partial charge in [-0.1, -0.05) is 80.0 Å². The van der Waals surface area contributed by atoms with E-state index in [0.29, 0.717) is 25.7 Å². The molecule has 0 unspecified atom stereocenters. The standard InChI is InChI=1S/C34H57ClO5Si2/c1-22-18-26-25-15-14-23-19-24(36)16-17-31(23,8)33(25,35)28(40-42(12,13)30(5,6)7)20-32(26,9)34(22,38)27(37)21-39-41(10,11)29(2,3)4/h14,16-17,22,25-26,28,38H,15,18-21H2,1-13H3/t22-,25-,26-,28-,31-,32-,33-,34-/m0/s1. The Bertz CT molecular complexity index is 1200. The summed E-state index contributed by atoms with van der Waals surface area (Å²) in [7, 11) is -4.53. The molecule has 4 rings (SSSR count). The highest BCUT2D eigenvalue weighted by Crippen LogP contribution is 2.71. The highest BCUT2D eigenvalue weighted by Gasteiger charge is 2.75. The summed E-state index contributed by atoms with van der Waals surface area (Å²) in [6.45, 7) is 28.2. The molecule has 2 fully saturated rings. The van der Waals surface area contributed by atoms with E-state index in [-0.39, 0.29) is 46.0 Å². The molecule has 0 aromatic heterocycles. The van der Waals surface area contributed by atoms with E-state index in [1.54, 1.807) is 6.08 Å². The van der Waals surface area contributed by atoms with Crippen molar-refractivity contribution in [3.05, 3.63) is 23.8 Å². The number of fused-ring (bicyclic) bond motifs is 5. The molecule has 0 aromatic carbocycles. The van der Waals surface area contributed by atoms with Gasteiger partial charge in [0, 0.05) is 17.3 Å². The summed E-state index contributed by atoms with van der Waals surface area (Å²) < 4.78 is 13.7. The number of hydrogen-bond donors (Lipinski definition) is 1. The molecule has 0 heterocycles. The highest BCUT2D eigenvalue weighted by molar-refractivity contribution is 6.74. The number of alkyl halides is 1. The minimum Gasteiger partial charge on any atom is -0.412 e. The minimum absolute atomic E-state index is 0.0201. The van der Waals surface area contributed by atoms with Crippen molar-refractivity contribution < 1.29 is 23.5 Å². The van der Waals surface area contributed by atoms with Gasteiger partial charge in [0.05, 0.1) is 17.6 Å². The van der Waals surface area contributed by atoms with Gasteiger partial charge in [-0.25, -0.2) is 0 Å². The molecular formula is C34H57ClO5Si2. The Morgan fingerprint density at radius 1 is 1.05 bits per heavy atom. The van der Waals surface area contributed by atoms with E-state index >= 15 is 0 Å². The van der Waals surface area contributed by atoms with Crippen molar-refractivity contribution in [1.29, 1.82) is 0 Å². The van der Waals surface area contributed by atoms with Gasteiger partial charge in [0.15, 0.2) is 28.2 Å². The maximum atomic E-state index is 14.3. The molecule has 42 heavy (non-hydrogen) atoms. The Balaban J connectivity index is 1.83. The van der Waals surface area contributed by atoms with Crippen molar-refractivity contribution in [1.82, 2.24) is 0 Å². The molecule has 5 nitrogen and oxygen atoms in total. The molecule has 0 saturated heterocycles. The van der Waals surface area contributed by atoms with E-state index in [1.807, 2.05) is 13.0 Å². The summed E-state index contributed by atoms with van der Waals surface area (Å²) in [5.41, 5.74) is -1.75. The zero-order valence-corrected chi connectivity index (χ0v) is 31.3. The quantitative estimate of drug-likeness (QED) is 0.181. The summed E-state index contributed by atoms with van der Waals surface area (Å²) in [6.07, 6.45) is 7.86. The van der Waals surface area contributed by atoms with Crippen molar-refractivity contribution in [2.75, 3.05) is 6.61 Å². The SMILES string of the molecule is C[C@H]1C[C@H]2[C@@H]3CC=C4CC(=O)C=C[C@]4(C)[C@@]3(Cl)[C@@H](O[Si](C)(C)C(C)(C)C)C[C@]2(C)[C@@]1(O)C(=O)CO[Si](C)(C)C(C)(C)C.